The van der Waals surface area contributed by atoms with Gasteiger partial charge in [-0.2, -0.15) is 10.2 Å². The van der Waals surface area contributed by atoms with E-state index in [2.05, 4.69) is 25.9 Å². The maximum Gasteiger partial charge on any atom is 0.407 e. The number of aromatic nitrogens is 4. The van der Waals surface area contributed by atoms with Crippen molar-refractivity contribution in [3.63, 3.8) is 0 Å². The Balaban J connectivity index is 0.000000202. The van der Waals surface area contributed by atoms with Gasteiger partial charge in [0.1, 0.15) is 6.10 Å². The van der Waals surface area contributed by atoms with E-state index in [0.29, 0.717) is 18.8 Å². The summed E-state index contributed by atoms with van der Waals surface area (Å²) in [6.45, 7) is 5.99. The first-order valence-electron chi connectivity index (χ1n) is 11.4. The number of likely N-dealkylation sites (tertiary alicyclic amines) is 1. The van der Waals surface area contributed by atoms with Gasteiger partial charge < -0.3 is 15.4 Å². The van der Waals surface area contributed by atoms with Crippen LogP contribution in [-0.4, -0.2) is 68.5 Å². The fourth-order valence-electron chi connectivity index (χ4n) is 4.09. The highest BCUT2D eigenvalue weighted by Gasteiger charge is 2.43. The zero-order chi connectivity index (χ0) is 24.9. The molecule has 2 atom stereocenters. The fraction of sp³-hybridized carbons (Fsp3) is 0.636. The van der Waals surface area contributed by atoms with E-state index >= 15 is 0 Å². The van der Waals surface area contributed by atoms with Gasteiger partial charge in [0.2, 0.25) is 6.41 Å². The van der Waals surface area contributed by atoms with Gasteiger partial charge in [-0.3, -0.25) is 19.5 Å². The number of aryl methyl sites for hydroxylation is 2. The van der Waals surface area contributed by atoms with Gasteiger partial charge in [-0.25, -0.2) is 13.6 Å². The standard InChI is InChI=1S/C13H20N4O3.C9H13F2N3/c1-8(2)15-13(19)20-10-4-3-9(5-10)11-6-12(14-7-18)17-16-11;1-7-3-8(12-13(7)2)4-14-5-9(10,11)6-14/h6-10H,3-5H2,1-2H3,(H,15,19)(H2,14,16,17,18);3H,4-6H2,1-2H3. The van der Waals surface area contributed by atoms with Crippen LogP contribution >= 0.6 is 0 Å². The minimum absolute atomic E-state index is 0.0652. The number of hydrogen-bond donors (Lipinski definition) is 3. The predicted octanol–water partition coefficient (Wildman–Crippen LogP) is 2.93. The van der Waals surface area contributed by atoms with Crippen LogP contribution < -0.4 is 10.6 Å². The van der Waals surface area contributed by atoms with Crippen molar-refractivity contribution in [3.05, 3.63) is 29.2 Å². The van der Waals surface area contributed by atoms with Crippen molar-refractivity contribution in [2.45, 2.75) is 70.6 Å². The molecule has 1 aliphatic carbocycles. The zero-order valence-corrected chi connectivity index (χ0v) is 20.0. The number of amides is 2. The van der Waals surface area contributed by atoms with Gasteiger partial charge in [0.15, 0.2) is 5.82 Å². The number of alkyl halides is 2. The summed E-state index contributed by atoms with van der Waals surface area (Å²) in [6, 6.07) is 3.82. The van der Waals surface area contributed by atoms with Crippen molar-refractivity contribution in [2.24, 2.45) is 7.05 Å². The summed E-state index contributed by atoms with van der Waals surface area (Å²) in [5, 5.41) is 16.3. The van der Waals surface area contributed by atoms with E-state index in [9.17, 15) is 18.4 Å². The number of anilines is 1. The number of nitrogens with one attached hydrogen (secondary N) is 3. The molecule has 2 aromatic heterocycles. The molecule has 3 heterocycles. The average molecular weight is 482 g/mol. The second-order valence-electron chi connectivity index (χ2n) is 9.21. The molecule has 2 fully saturated rings. The van der Waals surface area contributed by atoms with Crippen LogP contribution in [0.5, 0.6) is 0 Å². The Bertz CT molecular complexity index is 948. The second-order valence-corrected chi connectivity index (χ2v) is 9.21. The lowest BCUT2D eigenvalue weighted by Crippen LogP contribution is -2.55. The number of carbonyl (C=O) groups is 2. The third kappa shape index (κ3) is 7.24. The first-order valence-corrected chi connectivity index (χ1v) is 11.4. The van der Waals surface area contributed by atoms with Crippen LogP contribution in [0.4, 0.5) is 19.4 Å². The number of hydrogen-bond acceptors (Lipinski definition) is 6. The number of nitrogens with zero attached hydrogens (tertiary/aromatic N) is 4. The highest BCUT2D eigenvalue weighted by Crippen LogP contribution is 2.35. The maximum absolute atomic E-state index is 12.5. The molecule has 2 unspecified atom stereocenters. The average Bonchev–Trinajstić information content (AvgIpc) is 3.42. The number of H-pyrrole nitrogens is 1. The smallest absolute Gasteiger partial charge is 0.407 e. The van der Waals surface area contributed by atoms with Crippen molar-refractivity contribution in [2.75, 3.05) is 18.4 Å². The van der Waals surface area contributed by atoms with E-state index < -0.39 is 5.92 Å². The molecular formula is C22H33F2N7O3. The highest BCUT2D eigenvalue weighted by atomic mass is 19.3. The molecule has 10 nitrogen and oxygen atoms in total. The largest absolute Gasteiger partial charge is 0.446 e. The Morgan fingerprint density at radius 3 is 2.68 bits per heavy atom. The molecule has 4 rings (SSSR count). The Morgan fingerprint density at radius 1 is 1.35 bits per heavy atom. The monoisotopic (exact) mass is 481 g/mol. The molecule has 12 heteroatoms. The van der Waals surface area contributed by atoms with Gasteiger partial charge >= 0.3 is 6.09 Å². The maximum atomic E-state index is 12.5. The number of halogens is 2. The quantitative estimate of drug-likeness (QED) is 0.524. The number of carbonyl (C=O) groups excluding carboxylic acids is 2. The van der Waals surface area contributed by atoms with Crippen molar-refractivity contribution in [1.29, 1.82) is 0 Å². The summed E-state index contributed by atoms with van der Waals surface area (Å²) in [4.78, 5) is 23.6. The molecule has 0 spiro atoms. The minimum atomic E-state index is -2.48. The molecule has 3 N–H and O–H groups in total. The number of alkyl carbamates (subject to hydrolysis) is 1. The van der Waals surface area contributed by atoms with Crippen LogP contribution in [0.2, 0.25) is 0 Å². The summed E-state index contributed by atoms with van der Waals surface area (Å²) in [5.74, 6) is -1.69. The van der Waals surface area contributed by atoms with Gasteiger partial charge in [-0.15, -0.1) is 0 Å². The van der Waals surface area contributed by atoms with Crippen molar-refractivity contribution >= 4 is 18.3 Å². The summed E-state index contributed by atoms with van der Waals surface area (Å²) < 4.78 is 32.1. The van der Waals surface area contributed by atoms with E-state index in [1.165, 1.54) is 0 Å². The molecule has 0 bridgehead atoms. The van der Waals surface area contributed by atoms with Crippen LogP contribution in [0.3, 0.4) is 0 Å². The normalized spacial score (nSPS) is 21.4. The third-order valence-electron chi connectivity index (χ3n) is 5.77. The molecule has 0 radical (unpaired) electrons. The Labute approximate surface area is 197 Å². The molecular weight excluding hydrogens is 448 g/mol. The lowest BCUT2D eigenvalue weighted by atomic mass is 10.0. The number of aromatic amines is 1. The fourth-order valence-corrected chi connectivity index (χ4v) is 4.09. The molecule has 188 valence electrons. The van der Waals surface area contributed by atoms with Gasteiger partial charge in [0.25, 0.3) is 5.92 Å². The van der Waals surface area contributed by atoms with E-state index in [1.54, 1.807) is 9.58 Å². The Morgan fingerprint density at radius 2 is 2.09 bits per heavy atom. The van der Waals surface area contributed by atoms with Gasteiger partial charge in [0.05, 0.1) is 18.8 Å². The molecule has 2 aromatic rings. The van der Waals surface area contributed by atoms with Crippen molar-refractivity contribution in [3.8, 4) is 0 Å². The molecule has 1 saturated heterocycles. The third-order valence-corrected chi connectivity index (χ3v) is 5.77. The SMILES string of the molecule is CC(C)NC(=O)OC1CCC(c2cc(NC=O)n[nH]2)C1.Cc1cc(CN2CC(F)(F)C2)nn1C. The number of rotatable bonds is 7. The van der Waals surface area contributed by atoms with Crippen LogP contribution in [0.25, 0.3) is 0 Å². The Hall–Kier alpha value is -3.02. The molecule has 34 heavy (non-hydrogen) atoms. The van der Waals surface area contributed by atoms with Crippen LogP contribution in [0.1, 0.15) is 56.1 Å². The van der Waals surface area contributed by atoms with E-state index in [1.807, 2.05) is 40.0 Å². The van der Waals surface area contributed by atoms with Gasteiger partial charge in [-0.05, 0) is 46.1 Å². The molecule has 2 amide bonds. The van der Waals surface area contributed by atoms with Crippen molar-refractivity contribution in [1.82, 2.24) is 30.2 Å². The van der Waals surface area contributed by atoms with Crippen LogP contribution in [0, 0.1) is 6.92 Å². The summed E-state index contributed by atoms with van der Waals surface area (Å²) >= 11 is 0. The van der Waals surface area contributed by atoms with Gasteiger partial charge in [0, 0.05) is 43.0 Å². The van der Waals surface area contributed by atoms with Crippen LogP contribution in [-0.2, 0) is 23.1 Å². The Kier molecular flexibility index (Phi) is 8.24. The van der Waals surface area contributed by atoms with Gasteiger partial charge in [-0.1, -0.05) is 0 Å². The van der Waals surface area contributed by atoms with E-state index in [0.717, 1.165) is 36.3 Å². The topological polar surface area (TPSA) is 117 Å². The van der Waals surface area contributed by atoms with E-state index in [4.69, 9.17) is 4.74 Å². The summed E-state index contributed by atoms with van der Waals surface area (Å²) in [7, 11) is 1.85. The lowest BCUT2D eigenvalue weighted by Gasteiger charge is -2.38. The second kappa shape index (κ2) is 10.9. The lowest BCUT2D eigenvalue weighted by molar-refractivity contribution is -0.134. The minimum Gasteiger partial charge on any atom is -0.446 e. The first kappa shape index (κ1) is 25.6. The van der Waals surface area contributed by atoms with Crippen molar-refractivity contribution < 1.29 is 23.1 Å². The van der Waals surface area contributed by atoms with Crippen LogP contribution in [0.15, 0.2) is 12.1 Å². The molecule has 0 aromatic carbocycles. The molecule has 1 saturated carbocycles. The zero-order valence-electron chi connectivity index (χ0n) is 20.0. The highest BCUT2D eigenvalue weighted by molar-refractivity contribution is 5.69. The summed E-state index contributed by atoms with van der Waals surface area (Å²) in [5.41, 5.74) is 2.87. The number of ether oxygens (including phenoxy) is 1. The predicted molar refractivity (Wildman–Crippen MR) is 122 cm³/mol. The van der Waals surface area contributed by atoms with E-state index in [-0.39, 0.29) is 37.2 Å². The summed E-state index contributed by atoms with van der Waals surface area (Å²) in [6.07, 6.45) is 2.71. The first-order chi connectivity index (χ1) is 16.0. The molecule has 1 aliphatic heterocycles. The molecule has 2 aliphatic rings.